The molecule has 1 N–H and O–H groups in total. The van der Waals surface area contributed by atoms with Gasteiger partial charge in [-0.25, -0.2) is 5.10 Å². The smallest absolute Gasteiger partial charge is 0.189 e. The Balaban J connectivity index is 2.48. The van der Waals surface area contributed by atoms with E-state index in [9.17, 15) is 0 Å². The molecule has 0 atom stereocenters. The van der Waals surface area contributed by atoms with Gasteiger partial charge in [0.15, 0.2) is 5.82 Å². The molecule has 0 saturated carbocycles. The SMILES string of the molecule is [c]1csc(-c2nnn[nH]2)c1. The molecule has 5 heteroatoms. The van der Waals surface area contributed by atoms with Crippen LogP contribution >= 0.6 is 11.3 Å². The second-order valence-electron chi connectivity index (χ2n) is 1.66. The zero-order valence-corrected chi connectivity index (χ0v) is 5.72. The first kappa shape index (κ1) is 5.55. The van der Waals surface area contributed by atoms with E-state index < -0.39 is 0 Å². The molecule has 1 radical (unpaired) electrons. The maximum absolute atomic E-state index is 3.73. The Labute approximate surface area is 60.9 Å². The third-order valence-corrected chi connectivity index (χ3v) is 1.87. The molecule has 0 bridgehead atoms. The number of H-pyrrole nitrogens is 1. The number of nitrogens with zero attached hydrogens (tertiary/aromatic N) is 3. The van der Waals surface area contributed by atoms with Gasteiger partial charge in [-0.15, -0.1) is 16.4 Å². The highest BCUT2D eigenvalue weighted by molar-refractivity contribution is 7.13. The normalized spacial score (nSPS) is 10.0. The molecule has 0 aromatic carbocycles. The van der Waals surface area contributed by atoms with Crippen LogP contribution in [0, 0.1) is 6.07 Å². The van der Waals surface area contributed by atoms with Crippen LogP contribution in [-0.2, 0) is 0 Å². The Morgan fingerprint density at radius 2 is 2.60 bits per heavy atom. The minimum absolute atomic E-state index is 0.700. The van der Waals surface area contributed by atoms with E-state index in [-0.39, 0.29) is 0 Å². The van der Waals surface area contributed by atoms with Gasteiger partial charge in [-0.2, -0.15) is 0 Å². The number of aromatic nitrogens is 4. The predicted octanol–water partition coefficient (Wildman–Crippen LogP) is 0.728. The van der Waals surface area contributed by atoms with Crippen molar-refractivity contribution >= 4 is 11.3 Å². The molecular weight excluding hydrogens is 148 g/mol. The summed E-state index contributed by atoms with van der Waals surface area (Å²) in [4.78, 5) is 1.00. The van der Waals surface area contributed by atoms with Crippen LogP contribution in [0.3, 0.4) is 0 Å². The van der Waals surface area contributed by atoms with Crippen molar-refractivity contribution in [3.05, 3.63) is 17.5 Å². The summed E-state index contributed by atoms with van der Waals surface area (Å²) in [5.74, 6) is 0.700. The minimum atomic E-state index is 0.700. The summed E-state index contributed by atoms with van der Waals surface area (Å²) in [6.45, 7) is 0. The monoisotopic (exact) mass is 151 g/mol. The molecule has 0 aliphatic carbocycles. The second kappa shape index (κ2) is 2.18. The molecule has 2 heterocycles. The molecule has 10 heavy (non-hydrogen) atoms. The number of rotatable bonds is 1. The summed E-state index contributed by atoms with van der Waals surface area (Å²) < 4.78 is 0. The van der Waals surface area contributed by atoms with Gasteiger partial charge in [0.1, 0.15) is 0 Å². The van der Waals surface area contributed by atoms with Gasteiger partial charge in [-0.05, 0) is 27.9 Å². The first-order valence-electron chi connectivity index (χ1n) is 2.65. The van der Waals surface area contributed by atoms with Gasteiger partial charge in [0, 0.05) is 0 Å². The van der Waals surface area contributed by atoms with Crippen LogP contribution in [0.2, 0.25) is 0 Å². The zero-order chi connectivity index (χ0) is 6.81. The van der Waals surface area contributed by atoms with Crippen LogP contribution in [-0.4, -0.2) is 20.6 Å². The Morgan fingerprint density at radius 3 is 3.20 bits per heavy atom. The lowest BCUT2D eigenvalue weighted by molar-refractivity contribution is 0.881. The molecule has 2 aromatic heterocycles. The van der Waals surface area contributed by atoms with Crippen LogP contribution in [0.4, 0.5) is 0 Å². The quantitative estimate of drug-likeness (QED) is 0.653. The largest absolute Gasteiger partial charge is 0.238 e. The fourth-order valence-corrected chi connectivity index (χ4v) is 1.23. The highest BCUT2D eigenvalue weighted by Gasteiger charge is 1.99. The van der Waals surface area contributed by atoms with Gasteiger partial charge in [0.05, 0.1) is 4.88 Å². The fraction of sp³-hybridized carbons (Fsp3) is 0. The zero-order valence-electron chi connectivity index (χ0n) is 4.90. The molecule has 4 nitrogen and oxygen atoms in total. The lowest BCUT2D eigenvalue weighted by Crippen LogP contribution is -1.73. The minimum Gasteiger partial charge on any atom is -0.238 e. The van der Waals surface area contributed by atoms with Crippen molar-refractivity contribution in [1.29, 1.82) is 0 Å². The molecule has 0 unspecified atom stereocenters. The van der Waals surface area contributed by atoms with Crippen LogP contribution < -0.4 is 0 Å². The van der Waals surface area contributed by atoms with Crippen molar-refractivity contribution < 1.29 is 0 Å². The Bertz CT molecular complexity index is 253. The van der Waals surface area contributed by atoms with Crippen molar-refractivity contribution in [1.82, 2.24) is 20.6 Å². The summed E-state index contributed by atoms with van der Waals surface area (Å²) in [6, 6.07) is 4.76. The van der Waals surface area contributed by atoms with Crippen LogP contribution in [0.5, 0.6) is 0 Å². The summed E-state index contributed by atoms with van der Waals surface area (Å²) in [6.07, 6.45) is 0. The van der Waals surface area contributed by atoms with E-state index in [4.69, 9.17) is 0 Å². The number of thiophene rings is 1. The van der Waals surface area contributed by atoms with E-state index >= 15 is 0 Å². The summed E-state index contributed by atoms with van der Waals surface area (Å²) >= 11 is 1.55. The van der Waals surface area contributed by atoms with E-state index in [1.54, 1.807) is 11.3 Å². The Kier molecular flexibility index (Phi) is 1.21. The van der Waals surface area contributed by atoms with Crippen LogP contribution in [0.1, 0.15) is 0 Å². The van der Waals surface area contributed by atoms with Crippen LogP contribution in [0.15, 0.2) is 11.4 Å². The third-order valence-electron chi connectivity index (χ3n) is 1.05. The number of hydrogen-bond donors (Lipinski definition) is 1. The first-order valence-corrected chi connectivity index (χ1v) is 3.53. The van der Waals surface area contributed by atoms with E-state index in [0.717, 1.165) is 4.88 Å². The van der Waals surface area contributed by atoms with Crippen molar-refractivity contribution in [3.8, 4) is 10.7 Å². The van der Waals surface area contributed by atoms with Gasteiger partial charge in [0.2, 0.25) is 0 Å². The maximum Gasteiger partial charge on any atom is 0.189 e. The molecule has 0 amide bonds. The lowest BCUT2D eigenvalue weighted by Gasteiger charge is -1.81. The predicted molar refractivity (Wildman–Crippen MR) is 36.3 cm³/mol. The second-order valence-corrected chi connectivity index (χ2v) is 2.57. The topological polar surface area (TPSA) is 54.5 Å². The van der Waals surface area contributed by atoms with Crippen molar-refractivity contribution in [2.75, 3.05) is 0 Å². The summed E-state index contributed by atoms with van der Waals surface area (Å²) in [5.41, 5.74) is 0. The average Bonchev–Trinajstić information content (AvgIpc) is 2.59. The molecular formula is C5H3N4S. The summed E-state index contributed by atoms with van der Waals surface area (Å²) in [5, 5.41) is 15.1. The van der Waals surface area contributed by atoms with Crippen LogP contribution in [0.25, 0.3) is 10.7 Å². The summed E-state index contributed by atoms with van der Waals surface area (Å²) in [7, 11) is 0. The highest BCUT2D eigenvalue weighted by atomic mass is 32.1. The van der Waals surface area contributed by atoms with Crippen molar-refractivity contribution in [2.24, 2.45) is 0 Å². The number of aromatic amines is 1. The molecule has 49 valence electrons. The third kappa shape index (κ3) is 0.801. The molecule has 0 saturated heterocycles. The van der Waals surface area contributed by atoms with Crippen molar-refractivity contribution in [2.45, 2.75) is 0 Å². The molecule has 2 aromatic rings. The molecule has 0 aliphatic rings. The number of nitrogens with one attached hydrogen (secondary N) is 1. The van der Waals surface area contributed by atoms with E-state index in [1.807, 2.05) is 11.4 Å². The Morgan fingerprint density at radius 1 is 1.60 bits per heavy atom. The van der Waals surface area contributed by atoms with Gasteiger partial charge in [0.25, 0.3) is 0 Å². The molecule has 0 fully saturated rings. The molecule has 0 aliphatic heterocycles. The fourth-order valence-electron chi connectivity index (χ4n) is 0.629. The van der Waals surface area contributed by atoms with E-state index in [0.29, 0.717) is 5.82 Å². The number of hydrogen-bond acceptors (Lipinski definition) is 4. The van der Waals surface area contributed by atoms with Gasteiger partial charge in [-0.3, -0.25) is 0 Å². The highest BCUT2D eigenvalue weighted by Crippen LogP contribution is 2.18. The van der Waals surface area contributed by atoms with Gasteiger partial charge < -0.3 is 0 Å². The van der Waals surface area contributed by atoms with Crippen molar-refractivity contribution in [3.63, 3.8) is 0 Å². The average molecular weight is 151 g/mol. The number of tetrazole rings is 1. The lowest BCUT2D eigenvalue weighted by atomic mass is 10.5. The molecule has 0 spiro atoms. The molecule has 2 rings (SSSR count). The van der Waals surface area contributed by atoms with Gasteiger partial charge >= 0.3 is 0 Å². The van der Waals surface area contributed by atoms with Gasteiger partial charge in [-0.1, -0.05) is 0 Å². The van der Waals surface area contributed by atoms with E-state index in [2.05, 4.69) is 26.7 Å². The standard InChI is InChI=1S/C5H3N4S/c1-2-4(10-3-1)5-6-8-9-7-5/h2-3H,(H,6,7,8,9). The maximum atomic E-state index is 3.73. The Hall–Kier alpha value is -1.23. The van der Waals surface area contributed by atoms with E-state index in [1.165, 1.54) is 0 Å². The first-order chi connectivity index (χ1) is 4.97.